The first-order valence-electron chi connectivity index (χ1n) is 5.78. The van der Waals surface area contributed by atoms with Crippen LogP contribution in [0.2, 0.25) is 5.02 Å². The molecule has 0 radical (unpaired) electrons. The maximum Gasteiger partial charge on any atom is 0.230 e. The molecule has 100 valence electrons. The van der Waals surface area contributed by atoms with Crippen LogP contribution in [0.1, 0.15) is 0 Å². The summed E-state index contributed by atoms with van der Waals surface area (Å²) in [6.45, 7) is 0. The minimum absolute atomic E-state index is 0.110. The number of rotatable bonds is 2. The van der Waals surface area contributed by atoms with Gasteiger partial charge in [-0.3, -0.25) is 4.98 Å². The minimum atomic E-state index is -0.496. The van der Waals surface area contributed by atoms with Crippen molar-refractivity contribution in [3.05, 3.63) is 53.6 Å². The molecule has 2 heterocycles. The van der Waals surface area contributed by atoms with E-state index in [4.69, 9.17) is 21.9 Å². The number of anilines is 1. The van der Waals surface area contributed by atoms with Gasteiger partial charge in [-0.2, -0.15) is 0 Å². The van der Waals surface area contributed by atoms with Gasteiger partial charge in [0.2, 0.25) is 5.88 Å². The van der Waals surface area contributed by atoms with Crippen LogP contribution < -0.4 is 5.73 Å². The quantitative estimate of drug-likeness (QED) is 0.780. The molecule has 3 rings (SSSR count). The second kappa shape index (κ2) is 4.94. The van der Waals surface area contributed by atoms with Gasteiger partial charge in [-0.25, -0.2) is 4.39 Å². The summed E-state index contributed by atoms with van der Waals surface area (Å²) >= 11 is 5.97. The van der Waals surface area contributed by atoms with E-state index in [9.17, 15) is 4.39 Å². The number of hydrogen-bond acceptors (Lipinski definition) is 4. The van der Waals surface area contributed by atoms with Crippen LogP contribution in [0.5, 0.6) is 0 Å². The zero-order valence-corrected chi connectivity index (χ0v) is 10.9. The highest BCUT2D eigenvalue weighted by Gasteiger charge is 2.20. The largest absolute Gasteiger partial charge is 0.367 e. The monoisotopic (exact) mass is 289 g/mol. The molecule has 0 spiro atoms. The molecule has 0 atom stereocenters. The van der Waals surface area contributed by atoms with E-state index in [2.05, 4.69) is 10.1 Å². The molecule has 0 bridgehead atoms. The lowest BCUT2D eigenvalue weighted by Gasteiger charge is -2.04. The van der Waals surface area contributed by atoms with Gasteiger partial charge in [-0.05, 0) is 23.8 Å². The molecular weight excluding hydrogens is 281 g/mol. The third kappa shape index (κ3) is 2.12. The van der Waals surface area contributed by atoms with Crippen LogP contribution in [0.4, 0.5) is 10.3 Å². The number of nitrogens with two attached hydrogens (primary N) is 1. The normalized spacial score (nSPS) is 10.7. The lowest BCUT2D eigenvalue weighted by molar-refractivity contribution is 0.439. The molecular formula is C14H9ClFN3O. The van der Waals surface area contributed by atoms with E-state index in [0.29, 0.717) is 21.8 Å². The molecule has 0 unspecified atom stereocenters. The van der Waals surface area contributed by atoms with E-state index in [1.165, 1.54) is 12.3 Å². The summed E-state index contributed by atoms with van der Waals surface area (Å²) in [5.74, 6) is -0.387. The zero-order chi connectivity index (χ0) is 14.1. The van der Waals surface area contributed by atoms with Crippen molar-refractivity contribution in [2.75, 3.05) is 5.73 Å². The average molecular weight is 290 g/mol. The lowest BCUT2D eigenvalue weighted by Crippen LogP contribution is -1.90. The third-order valence-electron chi connectivity index (χ3n) is 2.86. The standard InChI is InChI=1S/C14H9ClFN3O/c15-9-3-1-2-8(6-9)12-13(19-20-14(12)17)10-4-5-18-7-11(10)16/h1-7H,17H2. The van der Waals surface area contributed by atoms with Crippen LogP contribution in [0.25, 0.3) is 22.4 Å². The van der Waals surface area contributed by atoms with Gasteiger partial charge in [0.05, 0.1) is 11.8 Å². The smallest absolute Gasteiger partial charge is 0.230 e. The summed E-state index contributed by atoms with van der Waals surface area (Å²) < 4.78 is 18.8. The maximum atomic E-state index is 13.8. The van der Waals surface area contributed by atoms with Gasteiger partial charge in [0.15, 0.2) is 5.82 Å². The van der Waals surface area contributed by atoms with Crippen molar-refractivity contribution in [3.8, 4) is 22.4 Å². The molecule has 0 saturated heterocycles. The van der Waals surface area contributed by atoms with Crippen molar-refractivity contribution in [2.24, 2.45) is 0 Å². The van der Waals surface area contributed by atoms with Gasteiger partial charge in [0.25, 0.3) is 0 Å². The molecule has 0 aliphatic rings. The summed E-state index contributed by atoms with van der Waals surface area (Å²) in [7, 11) is 0. The first-order valence-corrected chi connectivity index (χ1v) is 6.15. The summed E-state index contributed by atoms with van der Waals surface area (Å²) in [5.41, 5.74) is 7.62. The van der Waals surface area contributed by atoms with Crippen molar-refractivity contribution in [1.29, 1.82) is 0 Å². The fourth-order valence-electron chi connectivity index (χ4n) is 1.98. The number of nitrogen functional groups attached to an aromatic ring is 1. The van der Waals surface area contributed by atoms with Crippen LogP contribution in [-0.2, 0) is 0 Å². The number of aromatic nitrogens is 2. The molecule has 0 aliphatic heterocycles. The van der Waals surface area contributed by atoms with Gasteiger partial charge in [0, 0.05) is 16.8 Å². The molecule has 0 saturated carbocycles. The average Bonchev–Trinajstić information content (AvgIpc) is 2.81. The van der Waals surface area contributed by atoms with Gasteiger partial charge < -0.3 is 10.3 Å². The number of nitrogens with zero attached hydrogens (tertiary/aromatic N) is 2. The molecule has 0 fully saturated rings. The summed E-state index contributed by atoms with van der Waals surface area (Å²) in [6.07, 6.45) is 2.59. The molecule has 3 aromatic rings. The highest BCUT2D eigenvalue weighted by atomic mass is 35.5. The molecule has 6 heteroatoms. The van der Waals surface area contributed by atoms with Crippen LogP contribution in [0.3, 0.4) is 0 Å². The van der Waals surface area contributed by atoms with Crippen LogP contribution >= 0.6 is 11.6 Å². The first-order chi connectivity index (χ1) is 9.66. The fraction of sp³-hybridized carbons (Fsp3) is 0. The van der Waals surface area contributed by atoms with E-state index >= 15 is 0 Å². The van der Waals surface area contributed by atoms with Crippen molar-refractivity contribution in [1.82, 2.24) is 10.1 Å². The van der Waals surface area contributed by atoms with Crippen molar-refractivity contribution in [3.63, 3.8) is 0 Å². The summed E-state index contributed by atoms with van der Waals surface area (Å²) in [6, 6.07) is 8.54. The van der Waals surface area contributed by atoms with Gasteiger partial charge in [-0.1, -0.05) is 28.9 Å². The number of pyridine rings is 1. The van der Waals surface area contributed by atoms with Gasteiger partial charge in [0.1, 0.15) is 5.69 Å². The summed E-state index contributed by atoms with van der Waals surface area (Å²) in [5, 5.41) is 4.39. The predicted molar refractivity (Wildman–Crippen MR) is 74.6 cm³/mol. The lowest BCUT2D eigenvalue weighted by atomic mass is 10.0. The third-order valence-corrected chi connectivity index (χ3v) is 3.09. The Morgan fingerprint density at radius 2 is 2.10 bits per heavy atom. The Labute approximate surface area is 119 Å². The first kappa shape index (κ1) is 12.6. The number of benzene rings is 1. The van der Waals surface area contributed by atoms with E-state index in [1.54, 1.807) is 24.3 Å². The van der Waals surface area contributed by atoms with Crippen LogP contribution in [-0.4, -0.2) is 10.1 Å². The summed E-state index contributed by atoms with van der Waals surface area (Å²) in [4.78, 5) is 3.71. The SMILES string of the molecule is Nc1onc(-c2ccncc2F)c1-c1cccc(Cl)c1. The second-order valence-electron chi connectivity index (χ2n) is 4.14. The number of hydrogen-bond donors (Lipinski definition) is 1. The van der Waals surface area contributed by atoms with E-state index in [1.807, 2.05) is 0 Å². The van der Waals surface area contributed by atoms with Crippen molar-refractivity contribution in [2.45, 2.75) is 0 Å². The van der Waals surface area contributed by atoms with Crippen LogP contribution in [0.15, 0.2) is 47.2 Å². The van der Waals surface area contributed by atoms with Crippen LogP contribution in [0, 0.1) is 5.82 Å². The molecule has 0 amide bonds. The molecule has 0 aliphatic carbocycles. The van der Waals surface area contributed by atoms with Crippen molar-refractivity contribution < 1.29 is 8.91 Å². The van der Waals surface area contributed by atoms with Gasteiger partial charge >= 0.3 is 0 Å². The van der Waals surface area contributed by atoms with E-state index in [0.717, 1.165) is 6.20 Å². The zero-order valence-electron chi connectivity index (χ0n) is 10.2. The Hall–Kier alpha value is -2.40. The maximum absolute atomic E-state index is 13.8. The fourth-order valence-corrected chi connectivity index (χ4v) is 2.17. The molecule has 4 nitrogen and oxygen atoms in total. The second-order valence-corrected chi connectivity index (χ2v) is 4.57. The molecule has 1 aromatic carbocycles. The number of halogens is 2. The van der Waals surface area contributed by atoms with E-state index in [-0.39, 0.29) is 11.4 Å². The predicted octanol–water partition coefficient (Wildman–Crippen LogP) is 3.78. The molecule has 2 aromatic heterocycles. The highest BCUT2D eigenvalue weighted by molar-refractivity contribution is 6.30. The Balaban J connectivity index is 2.23. The van der Waals surface area contributed by atoms with E-state index < -0.39 is 5.82 Å². The Kier molecular flexibility index (Phi) is 3.12. The Bertz CT molecular complexity index is 773. The minimum Gasteiger partial charge on any atom is -0.367 e. The topological polar surface area (TPSA) is 64.9 Å². The highest BCUT2D eigenvalue weighted by Crippen LogP contribution is 2.37. The van der Waals surface area contributed by atoms with Gasteiger partial charge in [-0.15, -0.1) is 0 Å². The molecule has 2 N–H and O–H groups in total. The molecule has 20 heavy (non-hydrogen) atoms. The Morgan fingerprint density at radius 1 is 1.25 bits per heavy atom. The Morgan fingerprint density at radius 3 is 2.85 bits per heavy atom. The van der Waals surface area contributed by atoms with Crippen molar-refractivity contribution >= 4 is 17.5 Å².